The van der Waals surface area contributed by atoms with Gasteiger partial charge in [-0.25, -0.2) is 15.0 Å². The molecular formula is C23H19IN6O. The van der Waals surface area contributed by atoms with Crippen LogP contribution in [0.2, 0.25) is 0 Å². The first-order valence-electron chi connectivity index (χ1n) is 9.53. The van der Waals surface area contributed by atoms with E-state index in [1.807, 2.05) is 73.7 Å². The van der Waals surface area contributed by atoms with Crippen molar-refractivity contribution in [1.82, 2.24) is 15.0 Å². The molecule has 1 amide bonds. The van der Waals surface area contributed by atoms with Gasteiger partial charge in [0.15, 0.2) is 0 Å². The smallest absolute Gasteiger partial charge is 0.255 e. The molecule has 0 atom stereocenters. The normalized spacial score (nSPS) is 10.4. The zero-order valence-electron chi connectivity index (χ0n) is 16.6. The van der Waals surface area contributed by atoms with E-state index in [0.717, 1.165) is 9.26 Å². The van der Waals surface area contributed by atoms with E-state index in [2.05, 4.69) is 53.5 Å². The fraction of sp³-hybridized carbons (Fsp3) is 0.0435. The molecule has 4 rings (SSSR count). The van der Waals surface area contributed by atoms with Crippen molar-refractivity contribution < 1.29 is 4.79 Å². The zero-order valence-corrected chi connectivity index (χ0v) is 18.8. The Morgan fingerprint density at radius 3 is 2.26 bits per heavy atom. The molecule has 3 N–H and O–H groups in total. The lowest BCUT2D eigenvalue weighted by molar-refractivity contribution is 0.102. The van der Waals surface area contributed by atoms with Crippen molar-refractivity contribution in [2.75, 3.05) is 16.0 Å². The molecule has 2 aromatic heterocycles. The number of hydrogen-bond acceptors (Lipinski definition) is 6. The van der Waals surface area contributed by atoms with Crippen LogP contribution in [0, 0.1) is 10.5 Å². The van der Waals surface area contributed by atoms with Crippen molar-refractivity contribution in [3.05, 3.63) is 94.0 Å². The van der Waals surface area contributed by atoms with Crippen LogP contribution in [0.15, 0.2) is 79.0 Å². The summed E-state index contributed by atoms with van der Waals surface area (Å²) < 4.78 is 1.02. The van der Waals surface area contributed by atoms with E-state index >= 15 is 0 Å². The lowest BCUT2D eigenvalue weighted by Gasteiger charge is -2.11. The van der Waals surface area contributed by atoms with Gasteiger partial charge in [0.1, 0.15) is 23.3 Å². The molecule has 0 bridgehead atoms. The molecule has 0 saturated heterocycles. The molecule has 0 fully saturated rings. The highest BCUT2D eigenvalue weighted by atomic mass is 127. The number of aryl methyl sites for hydroxylation is 1. The van der Waals surface area contributed by atoms with E-state index in [0.29, 0.717) is 34.5 Å². The van der Waals surface area contributed by atoms with Gasteiger partial charge in [0, 0.05) is 32.8 Å². The molecule has 0 saturated carbocycles. The number of carbonyl (C=O) groups excluding carboxylic acids is 1. The summed E-state index contributed by atoms with van der Waals surface area (Å²) in [7, 11) is 0. The molecule has 7 nitrogen and oxygen atoms in total. The molecule has 8 heteroatoms. The minimum atomic E-state index is -0.143. The highest BCUT2D eigenvalue weighted by Crippen LogP contribution is 2.21. The third-order valence-electron chi connectivity index (χ3n) is 4.26. The number of aromatic nitrogens is 3. The first-order chi connectivity index (χ1) is 15.0. The van der Waals surface area contributed by atoms with Crippen LogP contribution in [0.5, 0.6) is 0 Å². The zero-order chi connectivity index (χ0) is 21.6. The monoisotopic (exact) mass is 522 g/mol. The van der Waals surface area contributed by atoms with Crippen molar-refractivity contribution in [2.24, 2.45) is 0 Å². The molecule has 0 spiro atoms. The van der Waals surface area contributed by atoms with E-state index in [1.54, 1.807) is 12.3 Å². The predicted molar refractivity (Wildman–Crippen MR) is 131 cm³/mol. The van der Waals surface area contributed by atoms with Crippen LogP contribution in [0.1, 0.15) is 16.2 Å². The highest BCUT2D eigenvalue weighted by Gasteiger charge is 2.07. The Morgan fingerprint density at radius 2 is 1.55 bits per heavy atom. The van der Waals surface area contributed by atoms with Gasteiger partial charge in [-0.2, -0.15) is 0 Å². The molecular weight excluding hydrogens is 503 g/mol. The second-order valence-electron chi connectivity index (χ2n) is 6.69. The van der Waals surface area contributed by atoms with Crippen LogP contribution in [-0.2, 0) is 0 Å². The van der Waals surface area contributed by atoms with Gasteiger partial charge in [0.2, 0.25) is 0 Å². The molecule has 2 aromatic carbocycles. The van der Waals surface area contributed by atoms with Gasteiger partial charge < -0.3 is 16.0 Å². The number of hydrogen-bond donors (Lipinski definition) is 3. The number of amides is 1. The second kappa shape index (κ2) is 9.52. The number of anilines is 5. The van der Waals surface area contributed by atoms with Crippen molar-refractivity contribution in [1.29, 1.82) is 0 Å². The summed E-state index contributed by atoms with van der Waals surface area (Å²) >= 11 is 2.19. The predicted octanol–water partition coefficient (Wildman–Crippen LogP) is 5.52. The van der Waals surface area contributed by atoms with Gasteiger partial charge in [0.05, 0.1) is 0 Å². The van der Waals surface area contributed by atoms with Gasteiger partial charge >= 0.3 is 0 Å². The van der Waals surface area contributed by atoms with Crippen molar-refractivity contribution in [2.45, 2.75) is 6.92 Å². The number of benzene rings is 2. The Kier molecular flexibility index (Phi) is 6.37. The van der Waals surface area contributed by atoms with E-state index in [1.165, 1.54) is 0 Å². The minimum Gasteiger partial charge on any atom is -0.340 e. The summed E-state index contributed by atoms with van der Waals surface area (Å²) in [5, 5.41) is 9.35. The van der Waals surface area contributed by atoms with Crippen LogP contribution in [-0.4, -0.2) is 20.9 Å². The molecule has 4 aromatic rings. The van der Waals surface area contributed by atoms with Gasteiger partial charge in [-0.1, -0.05) is 12.1 Å². The quantitative estimate of drug-likeness (QED) is 0.289. The lowest BCUT2D eigenvalue weighted by atomic mass is 10.2. The Hall–Kier alpha value is -3.53. The summed E-state index contributed by atoms with van der Waals surface area (Å²) in [4.78, 5) is 25.5. The van der Waals surface area contributed by atoms with Crippen LogP contribution >= 0.6 is 22.6 Å². The fourth-order valence-corrected chi connectivity index (χ4v) is 3.42. The van der Waals surface area contributed by atoms with Gasteiger partial charge in [0.25, 0.3) is 5.91 Å². The maximum absolute atomic E-state index is 12.4. The number of nitrogens with zero attached hydrogens (tertiary/aromatic N) is 3. The SMILES string of the molecule is Cc1nc(Nc2ccc(NC(=O)c3cccc(I)c3)cc2)cc(Nc2ccccn2)n1. The third kappa shape index (κ3) is 5.76. The van der Waals surface area contributed by atoms with Crippen molar-refractivity contribution >= 4 is 57.3 Å². The summed E-state index contributed by atoms with van der Waals surface area (Å²) in [5.74, 6) is 2.50. The maximum Gasteiger partial charge on any atom is 0.255 e. The number of rotatable bonds is 6. The average Bonchev–Trinajstić information content (AvgIpc) is 2.75. The van der Waals surface area contributed by atoms with Gasteiger partial charge in [-0.05, 0) is 84.1 Å². The number of halogens is 1. The van der Waals surface area contributed by atoms with Gasteiger partial charge in [-0.3, -0.25) is 4.79 Å². The summed E-state index contributed by atoms with van der Waals surface area (Å²) in [6, 6.07) is 22.3. The van der Waals surface area contributed by atoms with Gasteiger partial charge in [-0.15, -0.1) is 0 Å². The Bertz CT molecular complexity index is 1200. The van der Waals surface area contributed by atoms with Crippen LogP contribution < -0.4 is 16.0 Å². The highest BCUT2D eigenvalue weighted by molar-refractivity contribution is 14.1. The summed E-state index contributed by atoms with van der Waals surface area (Å²) in [6.07, 6.45) is 1.72. The molecule has 0 aliphatic carbocycles. The topological polar surface area (TPSA) is 91.8 Å². The number of carbonyl (C=O) groups is 1. The molecule has 31 heavy (non-hydrogen) atoms. The Morgan fingerprint density at radius 1 is 0.806 bits per heavy atom. The largest absolute Gasteiger partial charge is 0.340 e. The van der Waals surface area contributed by atoms with Crippen molar-refractivity contribution in [3.63, 3.8) is 0 Å². The summed E-state index contributed by atoms with van der Waals surface area (Å²) in [6.45, 7) is 1.83. The average molecular weight is 522 g/mol. The Labute approximate surface area is 193 Å². The van der Waals surface area contributed by atoms with Crippen LogP contribution in [0.3, 0.4) is 0 Å². The van der Waals surface area contributed by atoms with E-state index in [-0.39, 0.29) is 5.91 Å². The van der Waals surface area contributed by atoms with E-state index in [4.69, 9.17) is 0 Å². The maximum atomic E-state index is 12.4. The van der Waals surface area contributed by atoms with Crippen LogP contribution in [0.4, 0.5) is 28.8 Å². The first-order valence-corrected chi connectivity index (χ1v) is 10.6. The molecule has 0 aliphatic rings. The molecule has 0 aliphatic heterocycles. The second-order valence-corrected chi connectivity index (χ2v) is 7.94. The summed E-state index contributed by atoms with van der Waals surface area (Å²) in [5.41, 5.74) is 2.18. The molecule has 2 heterocycles. The van der Waals surface area contributed by atoms with E-state index in [9.17, 15) is 4.79 Å². The van der Waals surface area contributed by atoms with Crippen molar-refractivity contribution in [3.8, 4) is 0 Å². The molecule has 0 unspecified atom stereocenters. The van der Waals surface area contributed by atoms with Crippen LogP contribution in [0.25, 0.3) is 0 Å². The third-order valence-corrected chi connectivity index (χ3v) is 4.93. The number of pyridine rings is 1. The standard InChI is InChI=1S/C23H19IN6O/c1-15-26-21(14-22(27-15)30-20-7-2-3-12-25-20)28-18-8-10-19(11-9-18)29-23(31)16-5-4-6-17(24)13-16/h2-14H,1H3,(H,29,31)(H2,25,26,27,28,30). The Balaban J connectivity index is 1.43. The molecule has 154 valence electrons. The lowest BCUT2D eigenvalue weighted by Crippen LogP contribution is -2.11. The van der Waals surface area contributed by atoms with E-state index < -0.39 is 0 Å². The fourth-order valence-electron chi connectivity index (χ4n) is 2.88. The number of nitrogens with one attached hydrogen (secondary N) is 3. The molecule has 0 radical (unpaired) electrons. The first kappa shape index (κ1) is 20.7. The minimum absolute atomic E-state index is 0.143.